The number of carbonyl (C=O) groups excluding carboxylic acids is 1. The van der Waals surface area contributed by atoms with Crippen molar-refractivity contribution in [1.29, 1.82) is 0 Å². The van der Waals surface area contributed by atoms with Gasteiger partial charge in [-0.1, -0.05) is 49.2 Å². The van der Waals surface area contributed by atoms with Crippen LogP contribution in [0.1, 0.15) is 124 Å². The first-order valence-corrected chi connectivity index (χ1v) is 21.7. The summed E-state index contributed by atoms with van der Waals surface area (Å²) in [6.07, 6.45) is 5.71. The lowest BCUT2D eigenvalue weighted by molar-refractivity contribution is 0.0137. The van der Waals surface area contributed by atoms with E-state index in [9.17, 15) is 22.9 Å². The number of hydrogen-bond donors (Lipinski definition) is 1. The van der Waals surface area contributed by atoms with Gasteiger partial charge in [-0.3, -0.25) is 13.2 Å². The maximum absolute atomic E-state index is 13.9. The number of aliphatic hydroxyl groups excluding tert-OH is 1. The number of phosphoric ester groups is 1. The second kappa shape index (κ2) is 21.0. The maximum Gasteiger partial charge on any atom is 0.531 e. The molecule has 0 radical (unpaired) electrons. The number of hydrogen-bond acceptors (Lipinski definition) is 11. The Morgan fingerprint density at radius 3 is 1.96 bits per heavy atom. The summed E-state index contributed by atoms with van der Waals surface area (Å²) in [5, 5.41) is 11.4. The summed E-state index contributed by atoms with van der Waals surface area (Å²) >= 11 is 0. The summed E-state index contributed by atoms with van der Waals surface area (Å²) in [5.74, 6) is -0.0124. The van der Waals surface area contributed by atoms with Gasteiger partial charge in [-0.05, 0) is 118 Å². The molecular weight excluding hydrogens is 721 g/mol. The number of rotatable bonds is 22. The molecule has 0 aromatic heterocycles. The highest BCUT2D eigenvalue weighted by atomic mass is 32.2. The van der Waals surface area contributed by atoms with Gasteiger partial charge in [0, 0.05) is 25.3 Å². The highest BCUT2D eigenvalue weighted by molar-refractivity contribution is 7.85. The van der Waals surface area contributed by atoms with Crippen LogP contribution in [0.25, 0.3) is 0 Å². The molecule has 0 aliphatic rings. The Bertz CT molecular complexity index is 1530. The van der Waals surface area contributed by atoms with Crippen LogP contribution in [-0.4, -0.2) is 73.9 Å². The van der Waals surface area contributed by atoms with Gasteiger partial charge in [0.1, 0.15) is 11.4 Å². The number of ether oxygens (including phenoxy) is 2. The first kappa shape index (κ1) is 46.6. The molecular formula is C39H64NO11PS. The molecule has 0 fully saturated rings. The molecule has 1 amide bonds. The van der Waals surface area contributed by atoms with E-state index in [0.717, 1.165) is 51.4 Å². The van der Waals surface area contributed by atoms with E-state index in [0.29, 0.717) is 25.1 Å². The number of nitrogens with zero attached hydrogens (tertiary/aromatic N) is 1. The molecule has 0 bridgehead atoms. The standard InChI is InChI=1S/C39H64NO11PS/c1-37(2,3)48-36(42)40(25-17-11-12-18-26-46-27-19-16-22-31-20-14-13-15-21-31)29-34(41)32-23-24-35(33(28-32)30-47-53(10,44)45)49-52(43,50-38(4,5)6)51-39(7,8)9/h13-15,20-21,23-24,28,34,41H,11-12,16-19,22,25-27,29-30H2,1-10H3. The fourth-order valence-corrected chi connectivity index (χ4v) is 7.28. The minimum absolute atomic E-state index is 0.0124. The van der Waals surface area contributed by atoms with Crippen molar-refractivity contribution < 1.29 is 50.1 Å². The van der Waals surface area contributed by atoms with E-state index in [1.165, 1.54) is 28.7 Å². The van der Waals surface area contributed by atoms with Gasteiger partial charge >= 0.3 is 13.9 Å². The quantitative estimate of drug-likeness (QED) is 0.0692. The van der Waals surface area contributed by atoms with E-state index in [4.69, 9.17) is 27.2 Å². The van der Waals surface area contributed by atoms with Crippen LogP contribution >= 0.6 is 7.82 Å². The molecule has 12 nitrogen and oxygen atoms in total. The summed E-state index contributed by atoms with van der Waals surface area (Å²) in [6.45, 7) is 16.7. The molecule has 2 aromatic rings. The average Bonchev–Trinajstić information content (AvgIpc) is 2.99. The van der Waals surface area contributed by atoms with Crippen LogP contribution in [-0.2, 0) is 50.4 Å². The largest absolute Gasteiger partial charge is 0.531 e. The molecule has 1 unspecified atom stereocenters. The Balaban J connectivity index is 2.09. The predicted molar refractivity (Wildman–Crippen MR) is 207 cm³/mol. The van der Waals surface area contributed by atoms with E-state index in [1.807, 2.05) is 6.07 Å². The third-order valence-corrected chi connectivity index (χ3v) is 9.75. The van der Waals surface area contributed by atoms with Gasteiger partial charge in [0.15, 0.2) is 0 Å². The number of amides is 1. The smallest absolute Gasteiger partial charge is 0.444 e. The second-order valence-electron chi connectivity index (χ2n) is 16.2. The lowest BCUT2D eigenvalue weighted by Gasteiger charge is -2.31. The van der Waals surface area contributed by atoms with Crippen molar-refractivity contribution in [3.05, 3.63) is 65.2 Å². The Morgan fingerprint density at radius 2 is 1.40 bits per heavy atom. The summed E-state index contributed by atoms with van der Waals surface area (Å²) in [7, 11) is -8.14. The Kier molecular flexibility index (Phi) is 18.5. The van der Waals surface area contributed by atoms with Crippen LogP contribution in [0.3, 0.4) is 0 Å². The molecule has 0 heterocycles. The van der Waals surface area contributed by atoms with Crippen LogP contribution in [0, 0.1) is 0 Å². The van der Waals surface area contributed by atoms with E-state index in [-0.39, 0.29) is 17.9 Å². The van der Waals surface area contributed by atoms with E-state index < -0.39 is 53.5 Å². The molecule has 0 saturated heterocycles. The van der Waals surface area contributed by atoms with Gasteiger partial charge < -0.3 is 24.0 Å². The summed E-state index contributed by atoms with van der Waals surface area (Å²) < 4.78 is 71.6. The van der Waals surface area contributed by atoms with Crippen LogP contribution in [0.4, 0.5) is 4.79 Å². The van der Waals surface area contributed by atoms with Crippen molar-refractivity contribution in [2.75, 3.05) is 32.6 Å². The molecule has 302 valence electrons. The number of aliphatic hydroxyl groups is 1. The zero-order valence-corrected chi connectivity index (χ0v) is 35.2. The van der Waals surface area contributed by atoms with Gasteiger partial charge in [0.05, 0.1) is 36.7 Å². The Hall–Kier alpha value is -2.51. The lowest BCUT2D eigenvalue weighted by atomic mass is 10.0. The summed E-state index contributed by atoms with van der Waals surface area (Å²) in [4.78, 5) is 14.7. The van der Waals surface area contributed by atoms with Crippen LogP contribution in [0.5, 0.6) is 5.75 Å². The van der Waals surface area contributed by atoms with Crippen molar-refractivity contribution in [2.45, 2.75) is 137 Å². The highest BCUT2D eigenvalue weighted by Gasteiger charge is 2.39. The molecule has 14 heteroatoms. The van der Waals surface area contributed by atoms with E-state index >= 15 is 0 Å². The molecule has 0 saturated carbocycles. The van der Waals surface area contributed by atoms with Gasteiger partial charge in [-0.2, -0.15) is 8.42 Å². The van der Waals surface area contributed by atoms with Crippen molar-refractivity contribution in [3.63, 3.8) is 0 Å². The second-order valence-corrected chi connectivity index (χ2v) is 19.3. The molecule has 2 rings (SSSR count). The first-order chi connectivity index (χ1) is 24.4. The molecule has 53 heavy (non-hydrogen) atoms. The SMILES string of the molecule is CC(C)(C)OC(=O)N(CCCCCCOCCCCc1ccccc1)CC(O)c1ccc(OP(=O)(OC(C)(C)C)OC(C)(C)C)c(COS(C)(=O)=O)c1. The van der Waals surface area contributed by atoms with E-state index in [2.05, 4.69) is 24.3 Å². The van der Waals surface area contributed by atoms with Crippen LogP contribution in [0.2, 0.25) is 0 Å². The Morgan fingerprint density at radius 1 is 0.811 bits per heavy atom. The zero-order valence-electron chi connectivity index (χ0n) is 33.5. The van der Waals surface area contributed by atoms with Crippen molar-refractivity contribution in [1.82, 2.24) is 4.90 Å². The molecule has 0 spiro atoms. The highest BCUT2D eigenvalue weighted by Crippen LogP contribution is 2.55. The van der Waals surface area contributed by atoms with Crippen LogP contribution < -0.4 is 4.52 Å². The van der Waals surface area contributed by atoms with Gasteiger partial charge in [-0.15, -0.1) is 0 Å². The van der Waals surface area contributed by atoms with Crippen molar-refractivity contribution in [3.8, 4) is 5.75 Å². The number of carbonyl (C=O) groups is 1. The number of unbranched alkanes of at least 4 members (excludes halogenated alkanes) is 4. The van der Waals surface area contributed by atoms with E-state index in [1.54, 1.807) is 62.3 Å². The monoisotopic (exact) mass is 785 g/mol. The van der Waals surface area contributed by atoms with Crippen LogP contribution in [0.15, 0.2) is 48.5 Å². The number of benzene rings is 2. The normalized spacial score (nSPS) is 13.5. The van der Waals surface area contributed by atoms with Gasteiger partial charge in [0.2, 0.25) is 0 Å². The van der Waals surface area contributed by atoms with Crippen molar-refractivity contribution >= 4 is 24.0 Å². The third kappa shape index (κ3) is 21.2. The fourth-order valence-electron chi connectivity index (χ4n) is 5.06. The summed E-state index contributed by atoms with van der Waals surface area (Å²) in [5.41, 5.74) is -0.712. The third-order valence-electron chi connectivity index (χ3n) is 7.24. The first-order valence-electron chi connectivity index (χ1n) is 18.4. The zero-order chi connectivity index (χ0) is 39.9. The summed E-state index contributed by atoms with van der Waals surface area (Å²) in [6, 6.07) is 14.9. The minimum atomic E-state index is -4.26. The van der Waals surface area contributed by atoms with Gasteiger partial charge in [-0.25, -0.2) is 9.36 Å². The molecule has 2 aromatic carbocycles. The Labute approximate surface area is 318 Å². The fraction of sp³-hybridized carbons (Fsp3) is 0.667. The average molecular weight is 786 g/mol. The molecule has 1 N–H and O–H groups in total. The predicted octanol–water partition coefficient (Wildman–Crippen LogP) is 9.15. The number of phosphoric acid groups is 1. The molecule has 1 atom stereocenters. The van der Waals surface area contributed by atoms with Gasteiger partial charge in [0.25, 0.3) is 10.1 Å². The number of aryl methyl sites for hydroxylation is 1. The molecule has 0 aliphatic heterocycles. The maximum atomic E-state index is 13.9. The minimum Gasteiger partial charge on any atom is -0.444 e. The topological polar surface area (TPSA) is 147 Å². The molecule has 0 aliphatic carbocycles. The lowest BCUT2D eigenvalue weighted by Crippen LogP contribution is -2.39. The van der Waals surface area contributed by atoms with Crippen molar-refractivity contribution in [2.24, 2.45) is 0 Å².